The van der Waals surface area contributed by atoms with Gasteiger partial charge in [-0.25, -0.2) is 4.79 Å². The van der Waals surface area contributed by atoms with Crippen LogP contribution in [0.3, 0.4) is 0 Å². The van der Waals surface area contributed by atoms with Gasteiger partial charge in [-0.3, -0.25) is 9.59 Å². The highest BCUT2D eigenvalue weighted by Gasteiger charge is 2.28. The van der Waals surface area contributed by atoms with Crippen molar-refractivity contribution in [1.29, 1.82) is 0 Å². The Morgan fingerprint density at radius 3 is 2.92 bits per heavy atom. The highest BCUT2D eigenvalue weighted by molar-refractivity contribution is 9.10. The van der Waals surface area contributed by atoms with Crippen molar-refractivity contribution in [2.75, 3.05) is 12.4 Å². The number of hydrogen-bond acceptors (Lipinski definition) is 5. The summed E-state index contributed by atoms with van der Waals surface area (Å²) in [7, 11) is 1.34. The van der Waals surface area contributed by atoms with Crippen LogP contribution in [0.1, 0.15) is 34.1 Å². The van der Waals surface area contributed by atoms with Crippen molar-refractivity contribution >= 4 is 44.1 Å². The van der Waals surface area contributed by atoms with Gasteiger partial charge < -0.3 is 14.6 Å². The summed E-state index contributed by atoms with van der Waals surface area (Å²) in [5.74, 6) is -0.246. The smallest absolute Gasteiger partial charge is 0.341 e. The number of ether oxygens (including phenoxy) is 1. The first-order valence-corrected chi connectivity index (χ1v) is 9.88. The number of hydrogen-bond donors (Lipinski definition) is 1. The van der Waals surface area contributed by atoms with Gasteiger partial charge in [0.05, 0.1) is 12.7 Å². The highest BCUT2D eigenvalue weighted by Crippen LogP contribution is 2.40. The maximum absolute atomic E-state index is 12.5. The Labute approximate surface area is 163 Å². The molecule has 0 spiro atoms. The monoisotopic (exact) mass is 438 g/mol. The summed E-state index contributed by atoms with van der Waals surface area (Å²) in [5.41, 5.74) is 1.17. The second-order valence-corrected chi connectivity index (χ2v) is 8.43. The van der Waals surface area contributed by atoms with Gasteiger partial charge in [-0.2, -0.15) is 0 Å². The summed E-state index contributed by atoms with van der Waals surface area (Å²) >= 11 is 4.71. The zero-order valence-corrected chi connectivity index (χ0v) is 16.9. The van der Waals surface area contributed by atoms with E-state index in [2.05, 4.69) is 28.2 Å². The molecule has 138 valence electrons. The molecule has 2 heterocycles. The molecule has 8 heteroatoms. The quantitative estimate of drug-likeness (QED) is 0.743. The highest BCUT2D eigenvalue weighted by atomic mass is 79.9. The summed E-state index contributed by atoms with van der Waals surface area (Å²) in [6.45, 7) is 2.05. The van der Waals surface area contributed by atoms with Gasteiger partial charge in [0.2, 0.25) is 5.91 Å². The number of amides is 1. The van der Waals surface area contributed by atoms with Crippen LogP contribution in [-0.2, 0) is 28.9 Å². The number of esters is 1. The lowest BCUT2D eigenvalue weighted by Gasteiger charge is -2.18. The van der Waals surface area contributed by atoms with E-state index in [9.17, 15) is 14.4 Å². The molecule has 0 aromatic carbocycles. The van der Waals surface area contributed by atoms with E-state index in [0.717, 1.165) is 29.7 Å². The van der Waals surface area contributed by atoms with Crippen molar-refractivity contribution in [3.63, 3.8) is 0 Å². The van der Waals surface area contributed by atoms with Gasteiger partial charge in [0, 0.05) is 21.6 Å². The second kappa shape index (κ2) is 7.75. The van der Waals surface area contributed by atoms with E-state index in [4.69, 9.17) is 4.74 Å². The largest absolute Gasteiger partial charge is 0.465 e. The zero-order chi connectivity index (χ0) is 18.8. The molecule has 0 bridgehead atoms. The van der Waals surface area contributed by atoms with E-state index in [0.29, 0.717) is 21.0 Å². The fraction of sp³-hybridized carbons (Fsp3) is 0.389. The van der Waals surface area contributed by atoms with Gasteiger partial charge in [-0.1, -0.05) is 6.92 Å². The predicted octanol–water partition coefficient (Wildman–Crippen LogP) is 3.22. The number of nitrogens with zero attached hydrogens (tertiary/aromatic N) is 1. The number of pyridine rings is 1. The molecule has 3 rings (SSSR count). The molecular formula is C18H19BrN2O4S. The van der Waals surface area contributed by atoms with Crippen molar-refractivity contribution in [2.24, 2.45) is 5.92 Å². The summed E-state index contributed by atoms with van der Waals surface area (Å²) in [6, 6.07) is 3.02. The molecule has 1 aliphatic carbocycles. The van der Waals surface area contributed by atoms with Gasteiger partial charge in [0.15, 0.2) is 0 Å². The van der Waals surface area contributed by atoms with Gasteiger partial charge >= 0.3 is 5.97 Å². The Morgan fingerprint density at radius 1 is 1.42 bits per heavy atom. The first-order valence-electron chi connectivity index (χ1n) is 8.27. The van der Waals surface area contributed by atoms with E-state index in [1.165, 1.54) is 29.1 Å². The Kier molecular flexibility index (Phi) is 5.62. The first-order chi connectivity index (χ1) is 12.4. The standard InChI is InChI=1S/C18H19BrN2O4S/c1-10-3-5-12-13(7-10)26-17(16(12)18(24)25-2)20-14(22)9-21-8-11(19)4-6-15(21)23/h4,6,8,10H,3,5,7,9H2,1-2H3,(H,20,22). The minimum Gasteiger partial charge on any atom is -0.465 e. The number of rotatable bonds is 4. The van der Waals surface area contributed by atoms with Crippen molar-refractivity contribution in [2.45, 2.75) is 32.7 Å². The van der Waals surface area contributed by atoms with Gasteiger partial charge in [-0.05, 0) is 52.7 Å². The third-order valence-electron chi connectivity index (χ3n) is 4.42. The number of methoxy groups -OCH3 is 1. The maximum Gasteiger partial charge on any atom is 0.341 e. The van der Waals surface area contributed by atoms with Crippen LogP contribution < -0.4 is 10.9 Å². The summed E-state index contributed by atoms with van der Waals surface area (Å²) in [6.07, 6.45) is 4.27. The molecule has 6 nitrogen and oxygen atoms in total. The SMILES string of the molecule is COC(=O)c1c(NC(=O)Cn2cc(Br)ccc2=O)sc2c1CCC(C)C2. The molecule has 1 N–H and O–H groups in total. The van der Waals surface area contributed by atoms with Crippen molar-refractivity contribution < 1.29 is 14.3 Å². The molecule has 2 aromatic rings. The number of halogens is 1. The van der Waals surface area contributed by atoms with Gasteiger partial charge in [-0.15, -0.1) is 11.3 Å². The molecular weight excluding hydrogens is 420 g/mol. The number of carbonyl (C=O) groups excluding carboxylic acids is 2. The lowest BCUT2D eigenvalue weighted by molar-refractivity contribution is -0.116. The minimum absolute atomic E-state index is 0.127. The van der Waals surface area contributed by atoms with Crippen LogP contribution in [0.2, 0.25) is 0 Å². The molecule has 2 aromatic heterocycles. The van der Waals surface area contributed by atoms with E-state index in [1.54, 1.807) is 12.3 Å². The average molecular weight is 439 g/mol. The Morgan fingerprint density at radius 2 is 2.19 bits per heavy atom. The number of thiophene rings is 1. The van der Waals surface area contributed by atoms with Crippen LogP contribution in [0.5, 0.6) is 0 Å². The van der Waals surface area contributed by atoms with E-state index >= 15 is 0 Å². The van der Waals surface area contributed by atoms with Crippen LogP contribution in [0.15, 0.2) is 27.6 Å². The van der Waals surface area contributed by atoms with Crippen molar-refractivity contribution in [3.8, 4) is 0 Å². The number of nitrogens with one attached hydrogen (secondary N) is 1. The lowest BCUT2D eigenvalue weighted by atomic mass is 9.88. The lowest BCUT2D eigenvalue weighted by Crippen LogP contribution is -2.27. The molecule has 0 fully saturated rings. The topological polar surface area (TPSA) is 77.4 Å². The van der Waals surface area contributed by atoms with Crippen LogP contribution in [0.25, 0.3) is 0 Å². The third kappa shape index (κ3) is 3.91. The Balaban J connectivity index is 1.87. The molecule has 1 aliphatic rings. The molecule has 0 saturated carbocycles. The summed E-state index contributed by atoms with van der Waals surface area (Å²) in [4.78, 5) is 37.7. The average Bonchev–Trinajstić information content (AvgIpc) is 2.94. The summed E-state index contributed by atoms with van der Waals surface area (Å²) in [5, 5.41) is 3.30. The Hall–Kier alpha value is -1.93. The maximum atomic E-state index is 12.5. The van der Waals surface area contributed by atoms with Crippen LogP contribution in [-0.4, -0.2) is 23.6 Å². The molecule has 0 aliphatic heterocycles. The number of anilines is 1. The second-order valence-electron chi connectivity index (χ2n) is 6.41. The third-order valence-corrected chi connectivity index (χ3v) is 6.05. The molecule has 0 saturated heterocycles. The Bertz CT molecular complexity index is 918. The van der Waals surface area contributed by atoms with Gasteiger partial charge in [0.1, 0.15) is 11.5 Å². The predicted molar refractivity (Wildman–Crippen MR) is 104 cm³/mol. The molecule has 1 atom stereocenters. The fourth-order valence-corrected chi connectivity index (χ4v) is 4.90. The van der Waals surface area contributed by atoms with E-state index in [1.807, 2.05) is 0 Å². The van der Waals surface area contributed by atoms with Crippen molar-refractivity contribution in [3.05, 3.63) is 49.2 Å². The van der Waals surface area contributed by atoms with E-state index in [-0.39, 0.29) is 18.0 Å². The zero-order valence-electron chi connectivity index (χ0n) is 14.5. The molecule has 26 heavy (non-hydrogen) atoms. The van der Waals surface area contributed by atoms with Crippen LogP contribution in [0, 0.1) is 5.92 Å². The fourth-order valence-electron chi connectivity index (χ4n) is 3.10. The molecule has 1 unspecified atom stereocenters. The van der Waals surface area contributed by atoms with Crippen LogP contribution in [0.4, 0.5) is 5.00 Å². The molecule has 0 radical (unpaired) electrons. The molecule has 1 amide bonds. The number of fused-ring (bicyclic) bond motifs is 1. The number of aromatic nitrogens is 1. The normalized spacial score (nSPS) is 16.0. The minimum atomic E-state index is -0.438. The first kappa shape index (κ1) is 18.8. The van der Waals surface area contributed by atoms with Crippen LogP contribution >= 0.6 is 27.3 Å². The van der Waals surface area contributed by atoms with E-state index < -0.39 is 5.97 Å². The van der Waals surface area contributed by atoms with Gasteiger partial charge in [0.25, 0.3) is 5.56 Å². The van der Waals surface area contributed by atoms with Crippen molar-refractivity contribution in [1.82, 2.24) is 4.57 Å². The summed E-state index contributed by atoms with van der Waals surface area (Å²) < 4.78 is 6.94. The number of carbonyl (C=O) groups is 2.